The van der Waals surface area contributed by atoms with Gasteiger partial charge in [0.2, 0.25) is 0 Å². The predicted octanol–water partition coefficient (Wildman–Crippen LogP) is 0.603. The lowest BCUT2D eigenvalue weighted by atomic mass is 10.3. The number of aromatic nitrogens is 2. The van der Waals surface area contributed by atoms with E-state index in [-0.39, 0.29) is 0 Å². The number of aliphatic imine (C=N–C) groups is 1. The van der Waals surface area contributed by atoms with Gasteiger partial charge in [0.15, 0.2) is 5.82 Å². The van der Waals surface area contributed by atoms with E-state index in [1.807, 2.05) is 7.05 Å². The van der Waals surface area contributed by atoms with Gasteiger partial charge in [-0.25, -0.2) is 4.98 Å². The zero-order chi connectivity index (χ0) is 10.4. The van der Waals surface area contributed by atoms with Gasteiger partial charge in [0.05, 0.1) is 6.33 Å². The molecule has 0 aliphatic rings. The molecule has 0 saturated heterocycles. The summed E-state index contributed by atoms with van der Waals surface area (Å²) in [5.74, 6) is 1.55. The minimum absolute atomic E-state index is 0.675. The summed E-state index contributed by atoms with van der Waals surface area (Å²) in [6.45, 7) is 4.31. The van der Waals surface area contributed by atoms with Gasteiger partial charge in [-0.1, -0.05) is 6.08 Å². The first kappa shape index (κ1) is 10.3. The smallest absolute Gasteiger partial charge is 0.155 e. The Labute approximate surface area is 83.4 Å². The van der Waals surface area contributed by atoms with Crippen LogP contribution in [0.2, 0.25) is 0 Å². The van der Waals surface area contributed by atoms with Gasteiger partial charge in [0, 0.05) is 20.6 Å². The summed E-state index contributed by atoms with van der Waals surface area (Å²) in [6, 6.07) is 0. The van der Waals surface area contributed by atoms with Crippen LogP contribution in [0.1, 0.15) is 5.69 Å². The largest absolute Gasteiger partial charge is 0.371 e. The molecule has 0 fully saturated rings. The number of hydrogen-bond acceptors (Lipinski definition) is 3. The van der Waals surface area contributed by atoms with Crippen LogP contribution in [0.15, 0.2) is 24.0 Å². The van der Waals surface area contributed by atoms with Crippen LogP contribution < -0.4 is 10.6 Å². The molecule has 0 saturated carbocycles. The van der Waals surface area contributed by atoms with E-state index in [4.69, 9.17) is 0 Å². The number of aromatic amines is 1. The summed E-state index contributed by atoms with van der Waals surface area (Å²) in [5.41, 5.74) is 0.858. The van der Waals surface area contributed by atoms with Crippen molar-refractivity contribution in [1.82, 2.24) is 15.3 Å². The standard InChI is InChI=1S/C9H15N5/c1-4-5-12-8(10-2)7-9(11-3)14-6-13-7/h4,6,11H,1,5H2,2-3H3,(H,10,12)(H,13,14). The number of rotatable bonds is 4. The Morgan fingerprint density at radius 3 is 3.14 bits per heavy atom. The Morgan fingerprint density at radius 2 is 2.57 bits per heavy atom. The van der Waals surface area contributed by atoms with Crippen molar-refractivity contribution in [2.45, 2.75) is 0 Å². The van der Waals surface area contributed by atoms with Gasteiger partial charge < -0.3 is 15.6 Å². The van der Waals surface area contributed by atoms with Gasteiger partial charge in [0.25, 0.3) is 0 Å². The van der Waals surface area contributed by atoms with Crippen LogP contribution in [0.4, 0.5) is 5.82 Å². The number of imidazole rings is 1. The van der Waals surface area contributed by atoms with E-state index in [1.165, 1.54) is 0 Å². The summed E-state index contributed by atoms with van der Waals surface area (Å²) in [5, 5.41) is 6.09. The van der Waals surface area contributed by atoms with Crippen molar-refractivity contribution >= 4 is 11.7 Å². The quantitative estimate of drug-likeness (QED) is 0.373. The molecule has 1 aromatic heterocycles. The number of amidine groups is 1. The summed E-state index contributed by atoms with van der Waals surface area (Å²) in [7, 11) is 3.55. The average molecular weight is 193 g/mol. The first-order valence-corrected chi connectivity index (χ1v) is 4.36. The number of anilines is 1. The van der Waals surface area contributed by atoms with Crippen molar-refractivity contribution in [2.75, 3.05) is 26.0 Å². The first-order valence-electron chi connectivity index (χ1n) is 4.36. The molecule has 1 rings (SSSR count). The zero-order valence-electron chi connectivity index (χ0n) is 8.46. The Bertz CT molecular complexity index is 326. The molecule has 0 aromatic carbocycles. The van der Waals surface area contributed by atoms with Gasteiger partial charge >= 0.3 is 0 Å². The second kappa shape index (κ2) is 5.06. The van der Waals surface area contributed by atoms with Crippen molar-refractivity contribution in [3.63, 3.8) is 0 Å². The van der Waals surface area contributed by atoms with E-state index in [1.54, 1.807) is 19.5 Å². The van der Waals surface area contributed by atoms with Crippen LogP contribution in [0.5, 0.6) is 0 Å². The van der Waals surface area contributed by atoms with Crippen molar-refractivity contribution in [3.8, 4) is 0 Å². The highest BCUT2D eigenvalue weighted by molar-refractivity contribution is 6.01. The molecular weight excluding hydrogens is 178 g/mol. The fraction of sp³-hybridized carbons (Fsp3) is 0.333. The molecular formula is C9H15N5. The number of hydrogen-bond donors (Lipinski definition) is 3. The highest BCUT2D eigenvalue weighted by Gasteiger charge is 2.08. The highest BCUT2D eigenvalue weighted by atomic mass is 15.1. The molecule has 5 nitrogen and oxygen atoms in total. The average Bonchev–Trinajstić information content (AvgIpc) is 2.67. The minimum Gasteiger partial charge on any atom is -0.371 e. The highest BCUT2D eigenvalue weighted by Crippen LogP contribution is 2.07. The van der Waals surface area contributed by atoms with E-state index in [2.05, 4.69) is 32.2 Å². The number of nitrogens with one attached hydrogen (secondary N) is 3. The lowest BCUT2D eigenvalue weighted by Crippen LogP contribution is -2.25. The van der Waals surface area contributed by atoms with Gasteiger partial charge in [-0.2, -0.15) is 0 Å². The molecule has 0 radical (unpaired) electrons. The van der Waals surface area contributed by atoms with Crippen molar-refractivity contribution < 1.29 is 0 Å². The normalized spacial score (nSPS) is 11.1. The van der Waals surface area contributed by atoms with Gasteiger partial charge in [0.1, 0.15) is 11.5 Å². The number of nitrogens with zero attached hydrogens (tertiary/aromatic N) is 2. The summed E-state index contributed by atoms with van der Waals surface area (Å²) >= 11 is 0. The number of H-pyrrole nitrogens is 1. The van der Waals surface area contributed by atoms with Crippen LogP contribution in [-0.4, -0.2) is 36.4 Å². The summed E-state index contributed by atoms with van der Waals surface area (Å²) in [6.07, 6.45) is 3.41. The summed E-state index contributed by atoms with van der Waals surface area (Å²) in [4.78, 5) is 11.2. The SMILES string of the molecule is C=CCN/C(=N/C)c1[nH]cnc1NC. The summed E-state index contributed by atoms with van der Waals surface area (Å²) < 4.78 is 0. The third-order valence-electron chi connectivity index (χ3n) is 1.75. The molecule has 0 atom stereocenters. The van der Waals surface area contributed by atoms with Crippen LogP contribution in [-0.2, 0) is 0 Å². The Kier molecular flexibility index (Phi) is 3.72. The maximum absolute atomic E-state index is 4.12. The second-order valence-corrected chi connectivity index (χ2v) is 2.62. The molecule has 0 unspecified atom stereocenters. The lowest BCUT2D eigenvalue weighted by molar-refractivity contribution is 1.03. The Hall–Kier alpha value is -1.78. The fourth-order valence-corrected chi connectivity index (χ4v) is 1.11. The fourth-order valence-electron chi connectivity index (χ4n) is 1.11. The molecule has 1 aromatic rings. The minimum atomic E-state index is 0.675. The maximum atomic E-state index is 4.12. The lowest BCUT2D eigenvalue weighted by Gasteiger charge is -2.06. The van der Waals surface area contributed by atoms with Gasteiger partial charge in [-0.15, -0.1) is 6.58 Å². The third kappa shape index (κ3) is 2.12. The molecule has 14 heavy (non-hydrogen) atoms. The Balaban J connectivity index is 2.84. The molecule has 0 bridgehead atoms. The van der Waals surface area contributed by atoms with Gasteiger partial charge in [-0.3, -0.25) is 4.99 Å². The van der Waals surface area contributed by atoms with Crippen LogP contribution in [0.25, 0.3) is 0 Å². The van der Waals surface area contributed by atoms with Crippen LogP contribution >= 0.6 is 0 Å². The van der Waals surface area contributed by atoms with E-state index in [9.17, 15) is 0 Å². The van der Waals surface area contributed by atoms with E-state index >= 15 is 0 Å². The van der Waals surface area contributed by atoms with Crippen molar-refractivity contribution in [3.05, 3.63) is 24.7 Å². The zero-order valence-corrected chi connectivity index (χ0v) is 8.46. The molecule has 76 valence electrons. The third-order valence-corrected chi connectivity index (χ3v) is 1.75. The van der Waals surface area contributed by atoms with E-state index < -0.39 is 0 Å². The predicted molar refractivity (Wildman–Crippen MR) is 58.8 cm³/mol. The van der Waals surface area contributed by atoms with E-state index in [0.29, 0.717) is 6.54 Å². The second-order valence-electron chi connectivity index (χ2n) is 2.62. The molecule has 0 aliphatic heterocycles. The molecule has 3 N–H and O–H groups in total. The molecule has 0 aliphatic carbocycles. The van der Waals surface area contributed by atoms with E-state index in [0.717, 1.165) is 17.3 Å². The first-order chi connectivity index (χ1) is 6.83. The van der Waals surface area contributed by atoms with Crippen LogP contribution in [0.3, 0.4) is 0 Å². The maximum Gasteiger partial charge on any atom is 0.155 e. The topological polar surface area (TPSA) is 65.1 Å². The molecule has 0 spiro atoms. The monoisotopic (exact) mass is 193 g/mol. The molecule has 1 heterocycles. The molecule has 5 heteroatoms. The van der Waals surface area contributed by atoms with Gasteiger partial charge in [-0.05, 0) is 0 Å². The Morgan fingerprint density at radius 1 is 1.79 bits per heavy atom. The molecule has 0 amide bonds. The van der Waals surface area contributed by atoms with Crippen LogP contribution in [0, 0.1) is 0 Å². The van der Waals surface area contributed by atoms with Crippen molar-refractivity contribution in [1.29, 1.82) is 0 Å². The van der Waals surface area contributed by atoms with Crippen molar-refractivity contribution in [2.24, 2.45) is 4.99 Å².